The molecule has 1 N–H and O–H groups in total. The Balaban J connectivity index is 1.47. The van der Waals surface area contributed by atoms with Crippen LogP contribution >= 0.6 is 11.3 Å². The zero-order valence-corrected chi connectivity index (χ0v) is 15.0. The molecule has 1 aromatic heterocycles. The fourth-order valence-electron chi connectivity index (χ4n) is 3.43. The predicted octanol–water partition coefficient (Wildman–Crippen LogP) is 2.38. The smallest absolute Gasteiger partial charge is 0.236 e. The highest BCUT2D eigenvalue weighted by Crippen LogP contribution is 2.31. The lowest BCUT2D eigenvalue weighted by Gasteiger charge is -2.37. The van der Waals surface area contributed by atoms with Crippen LogP contribution in [0, 0.1) is 13.8 Å². The van der Waals surface area contributed by atoms with Crippen LogP contribution in [0.25, 0.3) is 0 Å². The molecule has 2 aliphatic heterocycles. The molecule has 128 valence electrons. The molecule has 0 unspecified atom stereocenters. The van der Waals surface area contributed by atoms with Crippen molar-refractivity contribution in [3.05, 3.63) is 21.4 Å². The minimum atomic E-state index is -0.414. The van der Waals surface area contributed by atoms with Crippen LogP contribution in [0.5, 0.6) is 0 Å². The normalized spacial score (nSPS) is 21.8. The second kappa shape index (κ2) is 6.89. The van der Waals surface area contributed by atoms with E-state index in [1.807, 2.05) is 16.2 Å². The van der Waals surface area contributed by atoms with Gasteiger partial charge in [0.05, 0.1) is 19.8 Å². The summed E-state index contributed by atoms with van der Waals surface area (Å²) in [5, 5.41) is 3.36. The number of rotatable bonds is 4. The van der Waals surface area contributed by atoms with Crippen LogP contribution in [-0.2, 0) is 14.3 Å². The molecule has 2 fully saturated rings. The maximum Gasteiger partial charge on any atom is 0.236 e. The maximum atomic E-state index is 12.4. The average Bonchev–Trinajstić information content (AvgIpc) is 3.12. The summed E-state index contributed by atoms with van der Waals surface area (Å²) in [6.45, 7) is 9.53. The Morgan fingerprint density at radius 2 is 2.00 bits per heavy atom. The van der Waals surface area contributed by atoms with E-state index in [4.69, 9.17) is 9.47 Å². The van der Waals surface area contributed by atoms with Gasteiger partial charge in [-0.05, 0) is 32.4 Å². The Hall–Kier alpha value is -0.950. The van der Waals surface area contributed by atoms with Crippen molar-refractivity contribution < 1.29 is 14.3 Å². The van der Waals surface area contributed by atoms with Gasteiger partial charge in [-0.25, -0.2) is 0 Å². The van der Waals surface area contributed by atoms with Gasteiger partial charge in [0.25, 0.3) is 0 Å². The molecule has 5 nitrogen and oxygen atoms in total. The summed E-state index contributed by atoms with van der Waals surface area (Å²) in [7, 11) is 0. The van der Waals surface area contributed by atoms with Crippen LogP contribution in [0.4, 0.5) is 0 Å². The minimum absolute atomic E-state index is 0.161. The van der Waals surface area contributed by atoms with Gasteiger partial charge >= 0.3 is 0 Å². The van der Waals surface area contributed by atoms with Gasteiger partial charge in [0.2, 0.25) is 5.91 Å². The summed E-state index contributed by atoms with van der Waals surface area (Å²) in [5.41, 5.74) is 1.30. The molecule has 0 saturated carbocycles. The molecule has 0 bridgehead atoms. The SMILES string of the molecule is Cc1cc([C@@H](C)NCC(=O)N2CCC3(CC2)OCCO3)c(C)s1. The van der Waals surface area contributed by atoms with Gasteiger partial charge in [0.1, 0.15) is 0 Å². The van der Waals surface area contributed by atoms with Crippen molar-refractivity contribution in [2.24, 2.45) is 0 Å². The van der Waals surface area contributed by atoms with E-state index in [0.29, 0.717) is 32.8 Å². The minimum Gasteiger partial charge on any atom is -0.347 e. The highest BCUT2D eigenvalue weighted by molar-refractivity contribution is 7.12. The first-order valence-corrected chi connectivity index (χ1v) is 9.17. The fraction of sp³-hybridized carbons (Fsp3) is 0.706. The average molecular weight is 338 g/mol. The molecule has 0 aromatic carbocycles. The third kappa shape index (κ3) is 3.76. The van der Waals surface area contributed by atoms with Crippen molar-refractivity contribution >= 4 is 17.2 Å². The van der Waals surface area contributed by atoms with Crippen molar-refractivity contribution in [2.45, 2.75) is 45.4 Å². The lowest BCUT2D eigenvalue weighted by atomic mass is 10.0. The molecule has 2 saturated heterocycles. The van der Waals surface area contributed by atoms with Crippen LogP contribution < -0.4 is 5.32 Å². The summed E-state index contributed by atoms with van der Waals surface area (Å²) < 4.78 is 11.4. The fourth-order valence-corrected chi connectivity index (χ4v) is 4.45. The second-order valence-corrected chi connectivity index (χ2v) is 7.92. The molecular weight excluding hydrogens is 312 g/mol. The topological polar surface area (TPSA) is 50.8 Å². The van der Waals surface area contributed by atoms with Crippen LogP contribution in [0.1, 0.15) is 41.1 Å². The number of nitrogens with zero attached hydrogens (tertiary/aromatic N) is 1. The number of ether oxygens (including phenoxy) is 2. The maximum absolute atomic E-state index is 12.4. The van der Waals surface area contributed by atoms with E-state index in [1.54, 1.807) is 0 Å². The number of amides is 1. The number of likely N-dealkylation sites (tertiary alicyclic amines) is 1. The second-order valence-electron chi connectivity index (χ2n) is 6.46. The van der Waals surface area contributed by atoms with Gasteiger partial charge < -0.3 is 19.7 Å². The van der Waals surface area contributed by atoms with E-state index >= 15 is 0 Å². The monoisotopic (exact) mass is 338 g/mol. The summed E-state index contributed by atoms with van der Waals surface area (Å²) in [4.78, 5) is 17.0. The zero-order chi connectivity index (χ0) is 16.4. The van der Waals surface area contributed by atoms with E-state index in [0.717, 1.165) is 12.8 Å². The molecule has 23 heavy (non-hydrogen) atoms. The summed E-state index contributed by atoms with van der Waals surface area (Å²) >= 11 is 1.81. The van der Waals surface area contributed by atoms with E-state index in [2.05, 4.69) is 32.2 Å². The van der Waals surface area contributed by atoms with Crippen LogP contribution in [0.3, 0.4) is 0 Å². The van der Waals surface area contributed by atoms with Gasteiger partial charge in [0, 0.05) is 41.7 Å². The third-order valence-electron chi connectivity index (χ3n) is 4.80. The number of aryl methyl sites for hydroxylation is 2. The molecule has 3 rings (SSSR count). The van der Waals surface area contributed by atoms with E-state index in [1.165, 1.54) is 15.3 Å². The molecule has 0 aliphatic carbocycles. The molecule has 1 aromatic rings. The number of hydrogen-bond acceptors (Lipinski definition) is 5. The molecule has 0 radical (unpaired) electrons. The molecule has 1 amide bonds. The van der Waals surface area contributed by atoms with E-state index in [9.17, 15) is 4.79 Å². The van der Waals surface area contributed by atoms with Crippen LogP contribution in [-0.4, -0.2) is 49.4 Å². The first kappa shape index (κ1) is 16.9. The standard InChI is InChI=1S/C17H26N2O3S/c1-12-10-15(14(3)23-12)13(2)18-11-16(20)19-6-4-17(5-7-19)21-8-9-22-17/h10,13,18H,4-9,11H2,1-3H3/t13-/m1/s1. The Kier molecular flexibility index (Phi) is 5.06. The first-order chi connectivity index (χ1) is 11.0. The number of hydrogen-bond donors (Lipinski definition) is 1. The van der Waals surface area contributed by atoms with E-state index in [-0.39, 0.29) is 11.9 Å². The van der Waals surface area contributed by atoms with Crippen molar-refractivity contribution in [2.75, 3.05) is 32.8 Å². The highest BCUT2D eigenvalue weighted by Gasteiger charge is 2.40. The summed E-state index contributed by atoms with van der Waals surface area (Å²) in [6.07, 6.45) is 1.55. The quantitative estimate of drug-likeness (QED) is 0.916. The first-order valence-electron chi connectivity index (χ1n) is 8.35. The van der Waals surface area contributed by atoms with Gasteiger partial charge in [0.15, 0.2) is 5.79 Å². The Morgan fingerprint density at radius 3 is 2.57 bits per heavy atom. The van der Waals surface area contributed by atoms with Crippen LogP contribution in [0.2, 0.25) is 0 Å². The molecule has 3 heterocycles. The Morgan fingerprint density at radius 1 is 1.35 bits per heavy atom. The van der Waals surface area contributed by atoms with E-state index < -0.39 is 5.79 Å². The van der Waals surface area contributed by atoms with Gasteiger partial charge in [-0.15, -0.1) is 11.3 Å². The van der Waals surface area contributed by atoms with Crippen molar-refractivity contribution in [3.63, 3.8) is 0 Å². The summed E-state index contributed by atoms with van der Waals surface area (Å²) in [5.74, 6) is -0.252. The number of piperidine rings is 1. The highest BCUT2D eigenvalue weighted by atomic mass is 32.1. The number of carbonyl (C=O) groups excluding carboxylic acids is 1. The van der Waals surface area contributed by atoms with Crippen LogP contribution in [0.15, 0.2) is 6.07 Å². The third-order valence-corrected chi connectivity index (χ3v) is 5.78. The number of nitrogens with one attached hydrogen (secondary N) is 1. The molecule has 1 atom stereocenters. The van der Waals surface area contributed by atoms with Gasteiger partial charge in [-0.3, -0.25) is 4.79 Å². The van der Waals surface area contributed by atoms with Crippen molar-refractivity contribution in [1.29, 1.82) is 0 Å². The Labute approximate surface area is 142 Å². The van der Waals surface area contributed by atoms with Gasteiger partial charge in [-0.2, -0.15) is 0 Å². The lowest BCUT2D eigenvalue weighted by molar-refractivity contribution is -0.187. The largest absolute Gasteiger partial charge is 0.347 e. The summed E-state index contributed by atoms with van der Waals surface area (Å²) in [6, 6.07) is 2.41. The lowest BCUT2D eigenvalue weighted by Crippen LogP contribution is -2.49. The molecular formula is C17H26N2O3S. The Bertz CT molecular complexity index is 556. The zero-order valence-electron chi connectivity index (χ0n) is 14.2. The predicted molar refractivity (Wildman–Crippen MR) is 90.7 cm³/mol. The molecule has 2 aliphatic rings. The molecule has 1 spiro atoms. The number of carbonyl (C=O) groups is 1. The van der Waals surface area contributed by atoms with Gasteiger partial charge in [-0.1, -0.05) is 0 Å². The van der Waals surface area contributed by atoms with Crippen molar-refractivity contribution in [1.82, 2.24) is 10.2 Å². The van der Waals surface area contributed by atoms with Crippen molar-refractivity contribution in [3.8, 4) is 0 Å². The molecule has 6 heteroatoms. The number of thiophene rings is 1.